The van der Waals surface area contributed by atoms with Crippen LogP contribution in [0.25, 0.3) is 10.2 Å². The number of fused-ring (bicyclic) bond motifs is 1. The van der Waals surface area contributed by atoms with Crippen molar-refractivity contribution in [3.8, 4) is 6.07 Å². The molecule has 3 rings (SSSR count). The van der Waals surface area contributed by atoms with E-state index in [1.165, 1.54) is 22.2 Å². The molecule has 1 atom stereocenters. The molecular weight excluding hydrogens is 360 g/mol. The zero-order valence-corrected chi connectivity index (χ0v) is 16.1. The second kappa shape index (κ2) is 8.14. The molecule has 0 saturated heterocycles. The van der Waals surface area contributed by atoms with Crippen molar-refractivity contribution in [1.82, 2.24) is 14.5 Å². The molecular formula is C20H20N4O2S. The lowest BCUT2D eigenvalue weighted by Gasteiger charge is -2.28. The number of hydrogen-bond acceptors (Lipinski definition) is 5. The van der Waals surface area contributed by atoms with E-state index in [-0.39, 0.29) is 23.9 Å². The number of carbonyl (C=O) groups excluding carboxylic acids is 1. The highest BCUT2D eigenvalue weighted by Crippen LogP contribution is 2.21. The van der Waals surface area contributed by atoms with E-state index in [1.807, 2.05) is 31.4 Å². The van der Waals surface area contributed by atoms with Crippen molar-refractivity contribution in [2.75, 3.05) is 6.54 Å². The maximum atomic E-state index is 12.8. The van der Waals surface area contributed by atoms with Gasteiger partial charge in [0.15, 0.2) is 0 Å². The van der Waals surface area contributed by atoms with Crippen LogP contribution in [0.5, 0.6) is 0 Å². The smallest absolute Gasteiger partial charge is 0.262 e. The average Bonchev–Trinajstić information content (AvgIpc) is 3.17. The van der Waals surface area contributed by atoms with Gasteiger partial charge in [0, 0.05) is 19.5 Å². The van der Waals surface area contributed by atoms with Gasteiger partial charge in [-0.15, -0.1) is 11.3 Å². The Morgan fingerprint density at radius 1 is 1.33 bits per heavy atom. The van der Waals surface area contributed by atoms with Crippen LogP contribution in [0.4, 0.5) is 0 Å². The van der Waals surface area contributed by atoms with Crippen LogP contribution in [-0.2, 0) is 11.3 Å². The van der Waals surface area contributed by atoms with Gasteiger partial charge in [-0.2, -0.15) is 5.26 Å². The van der Waals surface area contributed by atoms with Gasteiger partial charge in [0.1, 0.15) is 4.83 Å². The monoisotopic (exact) mass is 380 g/mol. The first-order chi connectivity index (χ1) is 13.0. The Morgan fingerprint density at radius 2 is 2.07 bits per heavy atom. The number of benzene rings is 1. The number of thiophene rings is 1. The largest absolute Gasteiger partial charge is 0.336 e. The molecule has 1 amide bonds. The average molecular weight is 380 g/mol. The van der Waals surface area contributed by atoms with Gasteiger partial charge < -0.3 is 4.90 Å². The van der Waals surface area contributed by atoms with Crippen molar-refractivity contribution in [2.24, 2.45) is 0 Å². The molecule has 0 spiro atoms. The Balaban J connectivity index is 1.71. The van der Waals surface area contributed by atoms with Crippen molar-refractivity contribution in [1.29, 1.82) is 5.26 Å². The summed E-state index contributed by atoms with van der Waals surface area (Å²) in [4.78, 5) is 32.0. The minimum atomic E-state index is -0.114. The molecule has 0 saturated carbocycles. The van der Waals surface area contributed by atoms with Crippen LogP contribution in [0.3, 0.4) is 0 Å². The first-order valence-corrected chi connectivity index (χ1v) is 9.65. The van der Waals surface area contributed by atoms with Crippen molar-refractivity contribution in [3.05, 3.63) is 63.5 Å². The molecule has 0 aliphatic rings. The molecule has 0 bridgehead atoms. The predicted octanol–water partition coefficient (Wildman–Crippen LogP) is 3.33. The van der Waals surface area contributed by atoms with Crippen LogP contribution in [0.2, 0.25) is 0 Å². The SMILES string of the molecule is CCN(C(=O)CCn1cnc2sccc2c1=O)C(C)c1ccc(C#N)cc1. The molecule has 2 aromatic heterocycles. The molecule has 3 aromatic rings. The van der Waals surface area contributed by atoms with Gasteiger partial charge in [-0.25, -0.2) is 4.98 Å². The number of aryl methyl sites for hydroxylation is 1. The predicted molar refractivity (Wildman–Crippen MR) is 105 cm³/mol. The van der Waals surface area contributed by atoms with Crippen LogP contribution in [0.1, 0.15) is 37.4 Å². The Kier molecular flexibility index (Phi) is 5.67. The van der Waals surface area contributed by atoms with E-state index in [1.54, 1.807) is 23.1 Å². The van der Waals surface area contributed by atoms with E-state index in [0.717, 1.165) is 5.56 Å². The second-order valence-electron chi connectivity index (χ2n) is 6.22. The summed E-state index contributed by atoms with van der Waals surface area (Å²) in [5, 5.41) is 11.3. The highest BCUT2D eigenvalue weighted by atomic mass is 32.1. The van der Waals surface area contributed by atoms with Gasteiger partial charge in [0.05, 0.1) is 29.4 Å². The molecule has 0 fully saturated rings. The molecule has 0 aliphatic carbocycles. The molecule has 1 unspecified atom stereocenters. The fraction of sp³-hybridized carbons (Fsp3) is 0.300. The normalized spacial score (nSPS) is 11.9. The molecule has 0 N–H and O–H groups in total. The zero-order valence-electron chi connectivity index (χ0n) is 15.3. The van der Waals surface area contributed by atoms with Gasteiger partial charge in [-0.1, -0.05) is 12.1 Å². The van der Waals surface area contributed by atoms with Crippen LogP contribution >= 0.6 is 11.3 Å². The first-order valence-electron chi connectivity index (χ1n) is 8.77. The molecule has 6 nitrogen and oxygen atoms in total. The number of rotatable bonds is 6. The third kappa shape index (κ3) is 3.91. The minimum absolute atomic E-state index is 0.0216. The van der Waals surface area contributed by atoms with Gasteiger partial charge in [0.2, 0.25) is 5.91 Å². The van der Waals surface area contributed by atoms with E-state index in [9.17, 15) is 9.59 Å². The number of nitrogens with zero attached hydrogens (tertiary/aromatic N) is 4. The minimum Gasteiger partial charge on any atom is -0.336 e. The van der Waals surface area contributed by atoms with Crippen molar-refractivity contribution < 1.29 is 4.79 Å². The Hall–Kier alpha value is -2.98. The lowest BCUT2D eigenvalue weighted by atomic mass is 10.0. The summed E-state index contributed by atoms with van der Waals surface area (Å²) in [6.07, 6.45) is 1.74. The Morgan fingerprint density at radius 3 is 2.74 bits per heavy atom. The van der Waals surface area contributed by atoms with E-state index in [2.05, 4.69) is 11.1 Å². The summed E-state index contributed by atoms with van der Waals surface area (Å²) < 4.78 is 1.49. The van der Waals surface area contributed by atoms with Crippen molar-refractivity contribution in [2.45, 2.75) is 32.9 Å². The van der Waals surface area contributed by atoms with Crippen LogP contribution in [0, 0.1) is 11.3 Å². The van der Waals surface area contributed by atoms with Gasteiger partial charge in [-0.05, 0) is 43.0 Å². The standard InChI is InChI=1S/C20H20N4O2S/c1-3-24(14(2)16-6-4-15(12-21)5-7-16)18(25)8-10-23-13-22-19-17(20(23)26)9-11-27-19/h4-7,9,11,13-14H,3,8,10H2,1-2H3. The zero-order chi connectivity index (χ0) is 19.4. The number of aromatic nitrogens is 2. The highest BCUT2D eigenvalue weighted by Gasteiger charge is 2.20. The molecule has 27 heavy (non-hydrogen) atoms. The van der Waals surface area contributed by atoms with E-state index in [0.29, 0.717) is 28.9 Å². The molecule has 0 aliphatic heterocycles. The fourth-order valence-electron chi connectivity index (χ4n) is 3.09. The van der Waals surface area contributed by atoms with E-state index >= 15 is 0 Å². The second-order valence-corrected chi connectivity index (χ2v) is 7.12. The molecule has 7 heteroatoms. The lowest BCUT2D eigenvalue weighted by Crippen LogP contribution is -2.34. The Labute approximate surface area is 161 Å². The first kappa shape index (κ1) is 18.8. The summed E-state index contributed by atoms with van der Waals surface area (Å²) >= 11 is 1.43. The molecule has 0 radical (unpaired) electrons. The van der Waals surface area contributed by atoms with Crippen molar-refractivity contribution in [3.63, 3.8) is 0 Å². The van der Waals surface area contributed by atoms with Gasteiger partial charge in [0.25, 0.3) is 5.56 Å². The summed E-state index contributed by atoms with van der Waals surface area (Å²) in [7, 11) is 0. The third-order valence-electron chi connectivity index (χ3n) is 4.67. The Bertz CT molecular complexity index is 1050. The summed E-state index contributed by atoms with van der Waals surface area (Å²) in [5.74, 6) is -0.0216. The third-order valence-corrected chi connectivity index (χ3v) is 5.49. The summed E-state index contributed by atoms with van der Waals surface area (Å²) in [6, 6.07) is 11.0. The van der Waals surface area contributed by atoms with Crippen LogP contribution in [-0.4, -0.2) is 26.9 Å². The van der Waals surface area contributed by atoms with Gasteiger partial charge in [-0.3, -0.25) is 14.2 Å². The van der Waals surface area contributed by atoms with Gasteiger partial charge >= 0.3 is 0 Å². The maximum absolute atomic E-state index is 12.8. The topological polar surface area (TPSA) is 79.0 Å². The van der Waals surface area contributed by atoms with Crippen LogP contribution in [0.15, 0.2) is 46.8 Å². The fourth-order valence-corrected chi connectivity index (χ4v) is 3.82. The number of nitriles is 1. The molecule has 138 valence electrons. The highest BCUT2D eigenvalue weighted by molar-refractivity contribution is 7.16. The lowest BCUT2D eigenvalue weighted by molar-refractivity contribution is -0.133. The summed E-state index contributed by atoms with van der Waals surface area (Å²) in [5.41, 5.74) is 1.45. The number of carbonyl (C=O) groups is 1. The summed E-state index contributed by atoms with van der Waals surface area (Å²) in [6.45, 7) is 4.76. The number of amides is 1. The molecule has 1 aromatic carbocycles. The van der Waals surface area contributed by atoms with E-state index in [4.69, 9.17) is 5.26 Å². The van der Waals surface area contributed by atoms with Crippen LogP contribution < -0.4 is 5.56 Å². The molecule has 2 heterocycles. The quantitative estimate of drug-likeness (QED) is 0.657. The van der Waals surface area contributed by atoms with E-state index < -0.39 is 0 Å². The maximum Gasteiger partial charge on any atom is 0.262 e. The number of hydrogen-bond donors (Lipinski definition) is 0. The van der Waals surface area contributed by atoms with Crippen molar-refractivity contribution >= 4 is 27.5 Å².